The zero-order valence-electron chi connectivity index (χ0n) is 67.5. The molecule has 17 nitrogen and oxygen atoms in total. The predicted octanol–water partition coefficient (Wildman–Crippen LogP) is 25.6. The van der Waals surface area contributed by atoms with Crippen LogP contribution in [0.4, 0.5) is 0 Å². The second-order valence-corrected chi connectivity index (χ2v) is 33.6. The Labute approximate surface area is 632 Å². The molecule has 2 unspecified atom stereocenters. The maximum atomic E-state index is 13.1. The van der Waals surface area contributed by atoms with Gasteiger partial charge >= 0.3 is 39.5 Å². The van der Waals surface area contributed by atoms with Crippen molar-refractivity contribution in [3.05, 3.63) is 0 Å². The number of phosphoric ester groups is 2. The first-order valence-corrected chi connectivity index (χ1v) is 46.6. The molecule has 0 aliphatic rings. The summed E-state index contributed by atoms with van der Waals surface area (Å²) in [5, 5.41) is 10.7. The Hall–Kier alpha value is -1.94. The third-order valence-corrected chi connectivity index (χ3v) is 21.7. The van der Waals surface area contributed by atoms with Crippen LogP contribution < -0.4 is 0 Å². The molecule has 0 fully saturated rings. The Kier molecular flexibility index (Phi) is 75.4. The molecule has 0 aliphatic carbocycles. The van der Waals surface area contributed by atoms with Crippen molar-refractivity contribution < 1.29 is 80.2 Å². The van der Waals surface area contributed by atoms with Gasteiger partial charge in [0.1, 0.15) is 19.3 Å². The summed E-state index contributed by atoms with van der Waals surface area (Å²) in [5.41, 5.74) is 0. The van der Waals surface area contributed by atoms with Crippen molar-refractivity contribution in [1.29, 1.82) is 0 Å². The summed E-state index contributed by atoms with van der Waals surface area (Å²) in [4.78, 5) is 73.1. The second kappa shape index (κ2) is 76.8. The molecule has 0 aromatic carbocycles. The van der Waals surface area contributed by atoms with E-state index in [0.717, 1.165) is 96.3 Å². The summed E-state index contributed by atoms with van der Waals surface area (Å²) >= 11 is 0. The van der Waals surface area contributed by atoms with Crippen LogP contribution in [0.1, 0.15) is 452 Å². The summed E-state index contributed by atoms with van der Waals surface area (Å²) in [5.74, 6) is -1.40. The van der Waals surface area contributed by atoms with Crippen molar-refractivity contribution in [3.63, 3.8) is 0 Å². The predicted molar refractivity (Wildman–Crippen MR) is 423 cm³/mol. The fourth-order valence-electron chi connectivity index (χ4n) is 13.1. The molecule has 0 amide bonds. The van der Waals surface area contributed by atoms with E-state index in [1.807, 2.05) is 0 Å². The first-order chi connectivity index (χ1) is 50.0. The topological polar surface area (TPSA) is 237 Å². The molecule has 0 heterocycles. The molecular formula is C84H164O17P2. The van der Waals surface area contributed by atoms with Gasteiger partial charge in [0.25, 0.3) is 0 Å². The quantitative estimate of drug-likeness (QED) is 0.0222. The van der Waals surface area contributed by atoms with Gasteiger partial charge in [-0.3, -0.25) is 37.3 Å². The van der Waals surface area contributed by atoms with Crippen molar-refractivity contribution in [2.75, 3.05) is 39.6 Å². The average Bonchev–Trinajstić information content (AvgIpc) is 0.913. The lowest BCUT2D eigenvalue weighted by atomic mass is 10.0. The number of carbonyl (C=O) groups is 4. The van der Waals surface area contributed by atoms with Crippen molar-refractivity contribution in [1.82, 2.24) is 0 Å². The van der Waals surface area contributed by atoms with E-state index in [4.69, 9.17) is 37.0 Å². The first-order valence-electron chi connectivity index (χ1n) is 43.6. The number of rotatable bonds is 84. The van der Waals surface area contributed by atoms with Gasteiger partial charge in [-0.15, -0.1) is 0 Å². The summed E-state index contributed by atoms with van der Waals surface area (Å²) in [6.07, 6.45) is 69.5. The van der Waals surface area contributed by atoms with Gasteiger partial charge in [0.2, 0.25) is 0 Å². The minimum Gasteiger partial charge on any atom is -0.462 e. The van der Waals surface area contributed by atoms with Gasteiger partial charge in [0.15, 0.2) is 12.2 Å². The lowest BCUT2D eigenvalue weighted by Crippen LogP contribution is -2.30. The molecule has 612 valence electrons. The number of hydrogen-bond donors (Lipinski definition) is 3. The highest BCUT2D eigenvalue weighted by Crippen LogP contribution is 2.45. The second-order valence-electron chi connectivity index (χ2n) is 30.7. The highest BCUT2D eigenvalue weighted by atomic mass is 31.2. The van der Waals surface area contributed by atoms with E-state index < -0.39 is 97.5 Å². The molecule has 0 saturated heterocycles. The first kappa shape index (κ1) is 101. The van der Waals surface area contributed by atoms with Crippen LogP contribution in [0.2, 0.25) is 0 Å². The smallest absolute Gasteiger partial charge is 0.462 e. The lowest BCUT2D eigenvalue weighted by molar-refractivity contribution is -0.161. The SMILES string of the molecule is CCCCCCCCCCCCCCCCCCCCCC(=O)O[C@H](COC(=O)CCCCCCCCCCCCCCCCCCC)COP(=O)(O)OC[C@@H](O)COP(=O)(O)OC[C@@H](COC(=O)CCCCCCCCCC(C)C)OC(=O)CCCCCCCCCCCCCCCCCCC. The fraction of sp³-hybridized carbons (Fsp3) is 0.952. The number of aliphatic hydroxyl groups excluding tert-OH is 1. The van der Waals surface area contributed by atoms with Crippen molar-refractivity contribution in [2.45, 2.75) is 470 Å². The highest BCUT2D eigenvalue weighted by Gasteiger charge is 2.30. The number of phosphoric acid groups is 2. The molecule has 0 aromatic heterocycles. The van der Waals surface area contributed by atoms with Crippen LogP contribution in [-0.2, 0) is 65.4 Å². The maximum Gasteiger partial charge on any atom is 0.472 e. The Morgan fingerprint density at radius 2 is 0.447 bits per heavy atom. The molecule has 103 heavy (non-hydrogen) atoms. The monoisotopic (exact) mass is 1510 g/mol. The molecule has 0 bridgehead atoms. The molecule has 0 rings (SSSR count). The average molecular weight is 1510 g/mol. The molecule has 3 N–H and O–H groups in total. The Morgan fingerprint density at radius 3 is 0.660 bits per heavy atom. The molecule has 0 saturated carbocycles. The maximum absolute atomic E-state index is 13.1. The minimum atomic E-state index is -4.96. The number of hydrogen-bond acceptors (Lipinski definition) is 15. The summed E-state index contributed by atoms with van der Waals surface area (Å²) < 4.78 is 68.8. The molecule has 0 radical (unpaired) electrons. The number of esters is 4. The van der Waals surface area contributed by atoms with Crippen LogP contribution >= 0.6 is 15.6 Å². The molecule has 5 atom stereocenters. The van der Waals surface area contributed by atoms with E-state index in [9.17, 15) is 43.2 Å². The summed E-state index contributed by atoms with van der Waals surface area (Å²) in [6, 6.07) is 0. The van der Waals surface area contributed by atoms with Gasteiger partial charge in [-0.2, -0.15) is 0 Å². The molecule has 0 spiro atoms. The molecule has 0 aliphatic heterocycles. The number of ether oxygens (including phenoxy) is 4. The Morgan fingerprint density at radius 1 is 0.262 bits per heavy atom. The third-order valence-electron chi connectivity index (χ3n) is 19.8. The summed E-state index contributed by atoms with van der Waals surface area (Å²) in [7, 11) is -9.92. The number of unbranched alkanes of at least 4 members (excludes halogenated alkanes) is 56. The van der Waals surface area contributed by atoms with Crippen LogP contribution in [0, 0.1) is 5.92 Å². The lowest BCUT2D eigenvalue weighted by Gasteiger charge is -2.21. The van der Waals surface area contributed by atoms with Gasteiger partial charge in [-0.05, 0) is 31.6 Å². The van der Waals surface area contributed by atoms with E-state index in [-0.39, 0.29) is 25.7 Å². The highest BCUT2D eigenvalue weighted by molar-refractivity contribution is 7.47. The zero-order chi connectivity index (χ0) is 75.5. The van der Waals surface area contributed by atoms with Gasteiger partial charge in [0, 0.05) is 25.7 Å². The largest absolute Gasteiger partial charge is 0.472 e. The van der Waals surface area contributed by atoms with Gasteiger partial charge < -0.3 is 33.8 Å². The van der Waals surface area contributed by atoms with E-state index in [0.29, 0.717) is 31.6 Å². The number of aliphatic hydroxyl groups is 1. The van der Waals surface area contributed by atoms with E-state index in [1.165, 1.54) is 270 Å². The Balaban J connectivity index is 5.23. The van der Waals surface area contributed by atoms with Crippen LogP contribution in [0.3, 0.4) is 0 Å². The number of carbonyl (C=O) groups excluding carboxylic acids is 4. The molecule has 0 aromatic rings. The zero-order valence-corrected chi connectivity index (χ0v) is 69.3. The fourth-order valence-corrected chi connectivity index (χ4v) is 14.7. The molecular weight excluding hydrogens is 1340 g/mol. The van der Waals surface area contributed by atoms with Gasteiger partial charge in [-0.1, -0.05) is 401 Å². The van der Waals surface area contributed by atoms with E-state index in [2.05, 4.69) is 34.6 Å². The molecule has 19 heteroatoms. The van der Waals surface area contributed by atoms with Crippen LogP contribution in [0.5, 0.6) is 0 Å². The minimum absolute atomic E-state index is 0.108. The van der Waals surface area contributed by atoms with Crippen LogP contribution in [0.15, 0.2) is 0 Å². The standard InChI is InChI=1S/C84H164O17P2/c1-6-9-12-15-18-21-24-27-30-33-34-37-40-43-46-49-54-60-65-69-83(88)100-79(73-94-81(86)67-62-57-52-47-44-41-38-35-31-28-25-22-19-16-13-10-7-2)75-98-102(90,91)96-71-78(85)72-97-103(92,93)99-76-80(74-95-82(87)68-63-58-55-50-51-56-61-66-77(4)5)101-84(89)70-64-59-53-48-45-42-39-36-32-29-26-23-20-17-14-11-8-3/h77-80,85H,6-76H2,1-5H3,(H,90,91)(H,92,93)/t78-,79-,80-/m1/s1. The van der Waals surface area contributed by atoms with Crippen LogP contribution in [-0.4, -0.2) is 96.7 Å². The van der Waals surface area contributed by atoms with Gasteiger partial charge in [0.05, 0.1) is 26.4 Å². The van der Waals surface area contributed by atoms with E-state index in [1.54, 1.807) is 0 Å². The normalized spacial score (nSPS) is 13.8. The van der Waals surface area contributed by atoms with Gasteiger partial charge in [-0.25, -0.2) is 9.13 Å². The Bertz CT molecular complexity index is 1960. The van der Waals surface area contributed by atoms with Crippen molar-refractivity contribution in [2.24, 2.45) is 5.92 Å². The third kappa shape index (κ3) is 78.0. The van der Waals surface area contributed by atoms with Crippen molar-refractivity contribution in [3.8, 4) is 0 Å². The summed E-state index contributed by atoms with van der Waals surface area (Å²) in [6.45, 7) is 7.30. The van der Waals surface area contributed by atoms with Crippen LogP contribution in [0.25, 0.3) is 0 Å². The van der Waals surface area contributed by atoms with E-state index >= 15 is 0 Å². The van der Waals surface area contributed by atoms with Crippen molar-refractivity contribution >= 4 is 39.5 Å².